The summed E-state index contributed by atoms with van der Waals surface area (Å²) in [6.45, 7) is 7.08. The van der Waals surface area contributed by atoms with Gasteiger partial charge in [0.25, 0.3) is 5.91 Å². The van der Waals surface area contributed by atoms with Crippen LogP contribution in [0.4, 0.5) is 0 Å². The summed E-state index contributed by atoms with van der Waals surface area (Å²) in [6.07, 6.45) is 0. The number of hydrogen-bond donors (Lipinski definition) is 1. The lowest BCUT2D eigenvalue weighted by molar-refractivity contribution is 0.0713. The second-order valence-corrected chi connectivity index (χ2v) is 9.20. The molecule has 5 nitrogen and oxygen atoms in total. The van der Waals surface area contributed by atoms with Gasteiger partial charge in [-0.2, -0.15) is 0 Å². The summed E-state index contributed by atoms with van der Waals surface area (Å²) in [5.74, 6) is 0.499. The summed E-state index contributed by atoms with van der Waals surface area (Å²) in [5.41, 5.74) is 1.92. The average Bonchev–Trinajstić information content (AvgIpc) is 3.35. The first kappa shape index (κ1) is 22.5. The summed E-state index contributed by atoms with van der Waals surface area (Å²) in [7, 11) is 1.60. The summed E-state index contributed by atoms with van der Waals surface area (Å²) in [5, 5.41) is 5.35. The SMILES string of the molecule is COc1ccccc1C(=O)N[C@H](C)[C@H](c1cccs1)N1CCN(Cc2ccccc2)CC1. The van der Waals surface area contributed by atoms with Crippen LogP contribution >= 0.6 is 11.3 Å². The van der Waals surface area contributed by atoms with Crippen LogP contribution in [0.5, 0.6) is 5.75 Å². The number of carbonyl (C=O) groups excluding carboxylic acids is 1. The average molecular weight is 450 g/mol. The Bertz CT molecular complexity index is 985. The first-order valence-electron chi connectivity index (χ1n) is 11.1. The number of thiophene rings is 1. The Morgan fingerprint density at radius 1 is 1.00 bits per heavy atom. The molecule has 1 aliphatic rings. The highest BCUT2D eigenvalue weighted by atomic mass is 32.1. The number of rotatable bonds is 8. The first-order chi connectivity index (χ1) is 15.7. The van der Waals surface area contributed by atoms with Gasteiger partial charge in [-0.3, -0.25) is 14.6 Å². The van der Waals surface area contributed by atoms with Gasteiger partial charge in [0, 0.05) is 43.6 Å². The molecule has 2 aromatic carbocycles. The predicted octanol–water partition coefficient (Wildman–Crippen LogP) is 4.43. The summed E-state index contributed by atoms with van der Waals surface area (Å²) < 4.78 is 5.38. The molecule has 3 aromatic rings. The van der Waals surface area contributed by atoms with Crippen molar-refractivity contribution in [1.29, 1.82) is 0 Å². The third-order valence-corrected chi connectivity index (χ3v) is 7.01. The van der Waals surface area contributed by atoms with Gasteiger partial charge in [0.05, 0.1) is 18.7 Å². The molecule has 1 aromatic heterocycles. The Hall–Kier alpha value is -2.67. The van der Waals surface area contributed by atoms with E-state index >= 15 is 0 Å². The lowest BCUT2D eigenvalue weighted by Crippen LogP contribution is -2.52. The van der Waals surface area contributed by atoms with Gasteiger partial charge >= 0.3 is 0 Å². The van der Waals surface area contributed by atoms with Crippen LogP contribution in [0, 0.1) is 0 Å². The van der Waals surface area contributed by atoms with Crippen molar-refractivity contribution in [2.75, 3.05) is 33.3 Å². The Morgan fingerprint density at radius 3 is 2.41 bits per heavy atom. The Morgan fingerprint density at radius 2 is 1.72 bits per heavy atom. The zero-order chi connectivity index (χ0) is 22.3. The Kier molecular flexibility index (Phi) is 7.58. The second kappa shape index (κ2) is 10.8. The first-order valence-corrected chi connectivity index (χ1v) is 12.0. The van der Waals surface area contributed by atoms with E-state index in [-0.39, 0.29) is 18.0 Å². The smallest absolute Gasteiger partial charge is 0.255 e. The molecular formula is C26H31N3O2S. The predicted molar refractivity (Wildman–Crippen MR) is 130 cm³/mol. The van der Waals surface area contributed by atoms with Crippen LogP contribution in [0.25, 0.3) is 0 Å². The monoisotopic (exact) mass is 449 g/mol. The molecule has 0 aliphatic carbocycles. The molecule has 1 aliphatic heterocycles. The second-order valence-electron chi connectivity index (χ2n) is 8.22. The quantitative estimate of drug-likeness (QED) is 0.552. The molecule has 4 rings (SSSR count). The number of piperazine rings is 1. The van der Waals surface area contributed by atoms with Crippen molar-refractivity contribution in [1.82, 2.24) is 15.1 Å². The van der Waals surface area contributed by atoms with Gasteiger partial charge in [-0.15, -0.1) is 11.3 Å². The number of nitrogens with one attached hydrogen (secondary N) is 1. The van der Waals surface area contributed by atoms with Crippen LogP contribution in [0.1, 0.15) is 33.8 Å². The van der Waals surface area contributed by atoms with E-state index in [0.29, 0.717) is 11.3 Å². The number of ether oxygens (including phenoxy) is 1. The van der Waals surface area contributed by atoms with E-state index in [1.165, 1.54) is 10.4 Å². The maximum absolute atomic E-state index is 13.0. The lowest BCUT2D eigenvalue weighted by atomic mass is 10.0. The van der Waals surface area contributed by atoms with Crippen LogP contribution in [0.15, 0.2) is 72.1 Å². The maximum atomic E-state index is 13.0. The molecule has 1 amide bonds. The zero-order valence-corrected chi connectivity index (χ0v) is 19.6. The molecule has 168 valence electrons. The molecule has 1 N–H and O–H groups in total. The highest BCUT2D eigenvalue weighted by Crippen LogP contribution is 2.30. The molecule has 0 saturated carbocycles. The number of hydrogen-bond acceptors (Lipinski definition) is 5. The number of carbonyl (C=O) groups is 1. The third-order valence-electron chi connectivity index (χ3n) is 6.07. The number of nitrogens with zero attached hydrogens (tertiary/aromatic N) is 2. The van der Waals surface area contributed by atoms with Crippen LogP contribution in [0.3, 0.4) is 0 Å². The van der Waals surface area contributed by atoms with E-state index in [1.54, 1.807) is 18.4 Å². The zero-order valence-electron chi connectivity index (χ0n) is 18.7. The molecular weight excluding hydrogens is 418 g/mol. The van der Waals surface area contributed by atoms with E-state index < -0.39 is 0 Å². The van der Waals surface area contributed by atoms with Crippen LogP contribution in [-0.2, 0) is 6.54 Å². The fourth-order valence-corrected chi connectivity index (χ4v) is 5.40. The van der Waals surface area contributed by atoms with Crippen molar-refractivity contribution < 1.29 is 9.53 Å². The molecule has 2 atom stereocenters. The molecule has 1 fully saturated rings. The van der Waals surface area contributed by atoms with Crippen LogP contribution < -0.4 is 10.1 Å². The number of amides is 1. The molecule has 32 heavy (non-hydrogen) atoms. The fraction of sp³-hybridized carbons (Fsp3) is 0.346. The lowest BCUT2D eigenvalue weighted by Gasteiger charge is -2.41. The third kappa shape index (κ3) is 5.38. The Balaban J connectivity index is 1.43. The maximum Gasteiger partial charge on any atom is 0.255 e. The van der Waals surface area contributed by atoms with Crippen molar-refractivity contribution in [3.8, 4) is 5.75 Å². The normalized spacial score (nSPS) is 16.9. The van der Waals surface area contributed by atoms with Gasteiger partial charge in [0.1, 0.15) is 5.75 Å². The summed E-state index contributed by atoms with van der Waals surface area (Å²) in [4.78, 5) is 19.3. The van der Waals surface area contributed by atoms with Gasteiger partial charge < -0.3 is 10.1 Å². The van der Waals surface area contributed by atoms with E-state index in [9.17, 15) is 4.79 Å². The number of para-hydroxylation sites is 1. The van der Waals surface area contributed by atoms with Crippen LogP contribution in [-0.4, -0.2) is 55.0 Å². The van der Waals surface area contributed by atoms with E-state index in [0.717, 1.165) is 32.7 Å². The van der Waals surface area contributed by atoms with Crippen molar-refractivity contribution in [3.05, 3.63) is 88.1 Å². The van der Waals surface area contributed by atoms with Crippen molar-refractivity contribution >= 4 is 17.2 Å². The molecule has 0 spiro atoms. The molecule has 0 bridgehead atoms. The van der Waals surface area contributed by atoms with E-state index in [1.807, 2.05) is 24.3 Å². The van der Waals surface area contributed by atoms with Gasteiger partial charge in [0.2, 0.25) is 0 Å². The van der Waals surface area contributed by atoms with Crippen LogP contribution in [0.2, 0.25) is 0 Å². The van der Waals surface area contributed by atoms with E-state index in [4.69, 9.17) is 4.74 Å². The van der Waals surface area contributed by atoms with Gasteiger partial charge in [-0.05, 0) is 36.1 Å². The molecule has 1 saturated heterocycles. The highest BCUT2D eigenvalue weighted by Gasteiger charge is 2.31. The standard InChI is InChI=1S/C26H31N3O2S/c1-20(27-26(30)22-11-6-7-12-23(22)31-2)25(24-13-8-18-32-24)29-16-14-28(15-17-29)19-21-9-4-3-5-10-21/h3-13,18,20,25H,14-17,19H2,1-2H3,(H,27,30)/t20-,25-/m1/s1. The molecule has 0 unspecified atom stereocenters. The number of methoxy groups -OCH3 is 1. The Labute approximate surface area is 194 Å². The van der Waals surface area contributed by atoms with Gasteiger partial charge in [0.15, 0.2) is 0 Å². The minimum absolute atomic E-state index is 0.0354. The fourth-order valence-electron chi connectivity index (χ4n) is 4.44. The van der Waals surface area contributed by atoms with E-state index in [2.05, 4.69) is 69.9 Å². The summed E-state index contributed by atoms with van der Waals surface area (Å²) in [6, 6.07) is 22.4. The molecule has 0 radical (unpaired) electrons. The van der Waals surface area contributed by atoms with Crippen molar-refractivity contribution in [3.63, 3.8) is 0 Å². The highest BCUT2D eigenvalue weighted by molar-refractivity contribution is 7.10. The molecule has 6 heteroatoms. The van der Waals surface area contributed by atoms with Gasteiger partial charge in [-0.1, -0.05) is 48.5 Å². The van der Waals surface area contributed by atoms with Gasteiger partial charge in [-0.25, -0.2) is 0 Å². The molecule has 2 heterocycles. The largest absolute Gasteiger partial charge is 0.496 e. The summed E-state index contributed by atoms with van der Waals surface area (Å²) >= 11 is 1.76. The minimum atomic E-state index is -0.0979. The minimum Gasteiger partial charge on any atom is -0.496 e. The van der Waals surface area contributed by atoms with Crippen molar-refractivity contribution in [2.45, 2.75) is 25.6 Å². The van der Waals surface area contributed by atoms with Crippen molar-refractivity contribution in [2.24, 2.45) is 0 Å². The topological polar surface area (TPSA) is 44.8 Å². The number of benzene rings is 2.